The van der Waals surface area contributed by atoms with Gasteiger partial charge in [0.25, 0.3) is 0 Å². The zero-order chi connectivity index (χ0) is 7.72. The summed E-state index contributed by atoms with van der Waals surface area (Å²) in [5.74, 6) is 0. The summed E-state index contributed by atoms with van der Waals surface area (Å²) in [4.78, 5) is 2.33. The summed E-state index contributed by atoms with van der Waals surface area (Å²) in [5.41, 5.74) is 0. The van der Waals surface area contributed by atoms with Crippen LogP contribution in [0.2, 0.25) is 0 Å². The molecule has 4 heteroatoms. The van der Waals surface area contributed by atoms with E-state index in [1.807, 2.05) is 0 Å². The molecule has 0 heterocycles. The Labute approximate surface area is 95.0 Å². The fourth-order valence-corrected chi connectivity index (χ4v) is 4.31. The molecule has 1 aliphatic rings. The molecule has 1 fully saturated rings. The maximum Gasteiger partial charge on any atom is 0.0407 e. The molecule has 0 bridgehead atoms. The van der Waals surface area contributed by atoms with Crippen molar-refractivity contribution in [3.05, 3.63) is 0 Å². The molecule has 0 nitrogen and oxygen atoms in total. The van der Waals surface area contributed by atoms with Gasteiger partial charge in [0.15, 0.2) is 0 Å². The molecule has 1 rings (SSSR count). The van der Waals surface area contributed by atoms with Crippen LogP contribution in [0.1, 0.15) is 12.8 Å². The van der Waals surface area contributed by atoms with E-state index in [2.05, 4.69) is 63.7 Å². The van der Waals surface area contributed by atoms with Crippen LogP contribution in [0.3, 0.4) is 0 Å². The van der Waals surface area contributed by atoms with Gasteiger partial charge in [0, 0.05) is 19.3 Å². The smallest absolute Gasteiger partial charge is 0.0407 e. The summed E-state index contributed by atoms with van der Waals surface area (Å²) in [6.07, 6.45) is 2.49. The first-order valence-electron chi connectivity index (χ1n) is 3.19. The van der Waals surface area contributed by atoms with E-state index in [-0.39, 0.29) is 0 Å². The van der Waals surface area contributed by atoms with Crippen molar-refractivity contribution in [1.82, 2.24) is 0 Å². The van der Waals surface area contributed by atoms with Crippen molar-refractivity contribution in [2.45, 2.75) is 32.2 Å². The van der Waals surface area contributed by atoms with Gasteiger partial charge < -0.3 is 0 Å². The second-order valence-corrected chi connectivity index (χ2v) is 6.97. The predicted octanol–water partition coefficient (Wildman–Crippen LogP) is 3.83. The molecule has 60 valence electrons. The van der Waals surface area contributed by atoms with Crippen LogP contribution in [0.15, 0.2) is 0 Å². The highest BCUT2D eigenvalue weighted by Gasteiger charge is 2.33. The molecule has 0 aromatic carbocycles. The molecule has 0 aromatic rings. The minimum Gasteiger partial charge on any atom is -0.0878 e. The third-order valence-electron chi connectivity index (χ3n) is 1.71. The summed E-state index contributed by atoms with van der Waals surface area (Å²) >= 11 is 14.5. The maximum atomic E-state index is 3.64. The van der Waals surface area contributed by atoms with E-state index >= 15 is 0 Å². The number of hydrogen-bond acceptors (Lipinski definition) is 0. The third kappa shape index (κ3) is 2.20. The molecule has 0 saturated heterocycles. The SMILES string of the molecule is Br[C@H]1[C@H](Br)[C@H](Br)CC[C@H]1Br. The van der Waals surface area contributed by atoms with Crippen molar-refractivity contribution >= 4 is 63.7 Å². The molecule has 0 aromatic heterocycles. The molecular formula is C6H8Br4. The lowest BCUT2D eigenvalue weighted by Gasteiger charge is -2.31. The molecule has 1 saturated carbocycles. The average molecular weight is 400 g/mol. The third-order valence-corrected chi connectivity index (χ3v) is 8.31. The van der Waals surface area contributed by atoms with Crippen LogP contribution in [0, 0.1) is 0 Å². The zero-order valence-corrected chi connectivity index (χ0v) is 11.6. The highest BCUT2D eigenvalue weighted by molar-refractivity contribution is 9.14. The van der Waals surface area contributed by atoms with E-state index in [1.165, 1.54) is 12.8 Å². The Hall–Kier alpha value is 1.92. The van der Waals surface area contributed by atoms with Gasteiger partial charge in [-0.2, -0.15) is 0 Å². The Kier molecular flexibility index (Phi) is 4.24. The van der Waals surface area contributed by atoms with Gasteiger partial charge >= 0.3 is 0 Å². The van der Waals surface area contributed by atoms with Gasteiger partial charge in [0.05, 0.1) is 0 Å². The van der Waals surface area contributed by atoms with Crippen molar-refractivity contribution in [3.8, 4) is 0 Å². The number of hydrogen-bond donors (Lipinski definition) is 0. The van der Waals surface area contributed by atoms with E-state index in [4.69, 9.17) is 0 Å². The number of rotatable bonds is 0. The van der Waals surface area contributed by atoms with Gasteiger partial charge in [-0.05, 0) is 12.8 Å². The van der Waals surface area contributed by atoms with Gasteiger partial charge in [-0.3, -0.25) is 0 Å². The van der Waals surface area contributed by atoms with E-state index in [0.29, 0.717) is 19.3 Å². The Balaban J connectivity index is 2.52. The highest BCUT2D eigenvalue weighted by atomic mass is 79.9. The lowest BCUT2D eigenvalue weighted by atomic mass is 10.0. The fraction of sp³-hybridized carbons (Fsp3) is 1.00. The molecule has 0 aliphatic heterocycles. The quantitative estimate of drug-likeness (QED) is 0.543. The number of alkyl halides is 4. The largest absolute Gasteiger partial charge is 0.0878 e. The predicted molar refractivity (Wildman–Crippen MR) is 60.1 cm³/mol. The molecule has 0 radical (unpaired) electrons. The molecule has 4 atom stereocenters. The lowest BCUT2D eigenvalue weighted by Crippen LogP contribution is -2.36. The van der Waals surface area contributed by atoms with E-state index < -0.39 is 0 Å². The van der Waals surface area contributed by atoms with Crippen LogP contribution in [-0.4, -0.2) is 19.3 Å². The molecule has 1 aliphatic carbocycles. The normalized spacial score (nSPS) is 49.2. The maximum absolute atomic E-state index is 3.64. The van der Waals surface area contributed by atoms with Crippen molar-refractivity contribution in [3.63, 3.8) is 0 Å². The summed E-state index contributed by atoms with van der Waals surface area (Å²) in [6.45, 7) is 0. The molecular weight excluding hydrogens is 392 g/mol. The Morgan fingerprint density at radius 2 is 1.00 bits per heavy atom. The minimum atomic E-state index is 0.547. The Bertz CT molecular complexity index is 102. The van der Waals surface area contributed by atoms with E-state index in [9.17, 15) is 0 Å². The van der Waals surface area contributed by atoms with Crippen LogP contribution >= 0.6 is 63.7 Å². The first-order chi connectivity index (χ1) is 4.63. The molecule has 10 heavy (non-hydrogen) atoms. The Morgan fingerprint density at radius 3 is 1.30 bits per heavy atom. The van der Waals surface area contributed by atoms with Crippen LogP contribution in [0.4, 0.5) is 0 Å². The molecule has 0 unspecified atom stereocenters. The summed E-state index contributed by atoms with van der Waals surface area (Å²) < 4.78 is 0. The number of halogens is 4. The monoisotopic (exact) mass is 396 g/mol. The van der Waals surface area contributed by atoms with Crippen molar-refractivity contribution in [2.24, 2.45) is 0 Å². The minimum absolute atomic E-state index is 0.547. The van der Waals surface area contributed by atoms with Crippen LogP contribution in [0.5, 0.6) is 0 Å². The Morgan fingerprint density at radius 1 is 0.700 bits per heavy atom. The van der Waals surface area contributed by atoms with Crippen molar-refractivity contribution in [2.75, 3.05) is 0 Å². The van der Waals surface area contributed by atoms with Gasteiger partial charge in [-0.1, -0.05) is 63.7 Å². The molecule has 0 spiro atoms. The fourth-order valence-electron chi connectivity index (χ4n) is 1.04. The topological polar surface area (TPSA) is 0 Å². The van der Waals surface area contributed by atoms with Crippen molar-refractivity contribution < 1.29 is 0 Å². The first-order valence-corrected chi connectivity index (χ1v) is 6.85. The average Bonchev–Trinajstić information content (AvgIpc) is 1.93. The second kappa shape index (κ2) is 4.24. The second-order valence-electron chi connectivity index (χ2n) is 2.50. The summed E-state index contributed by atoms with van der Waals surface area (Å²) in [7, 11) is 0. The van der Waals surface area contributed by atoms with Crippen LogP contribution in [0.25, 0.3) is 0 Å². The van der Waals surface area contributed by atoms with E-state index in [0.717, 1.165) is 0 Å². The zero-order valence-electron chi connectivity index (χ0n) is 5.24. The van der Waals surface area contributed by atoms with Gasteiger partial charge in [-0.25, -0.2) is 0 Å². The first kappa shape index (κ1) is 10.0. The standard InChI is InChI=1S/C6H8Br4/c7-3-1-2-4(8)6(10)5(3)9/h3-6H,1-2H2/t3-,4-,5-,6-/m1/s1. The van der Waals surface area contributed by atoms with E-state index in [1.54, 1.807) is 0 Å². The van der Waals surface area contributed by atoms with Crippen LogP contribution in [-0.2, 0) is 0 Å². The summed E-state index contributed by atoms with van der Waals surface area (Å²) in [5, 5.41) is 0. The lowest BCUT2D eigenvalue weighted by molar-refractivity contribution is 0.574. The van der Waals surface area contributed by atoms with Gasteiger partial charge in [-0.15, -0.1) is 0 Å². The highest BCUT2D eigenvalue weighted by Crippen LogP contribution is 2.37. The molecule has 0 N–H and O–H groups in total. The van der Waals surface area contributed by atoms with Crippen molar-refractivity contribution in [1.29, 1.82) is 0 Å². The van der Waals surface area contributed by atoms with Gasteiger partial charge in [0.2, 0.25) is 0 Å². The van der Waals surface area contributed by atoms with Gasteiger partial charge in [0.1, 0.15) is 0 Å². The molecule has 0 amide bonds. The summed E-state index contributed by atoms with van der Waals surface area (Å²) in [6, 6.07) is 0. The van der Waals surface area contributed by atoms with Crippen LogP contribution < -0.4 is 0 Å².